The molecule has 1 aliphatic carbocycles. The Labute approximate surface area is 86.1 Å². The van der Waals surface area contributed by atoms with E-state index in [0.29, 0.717) is 17.8 Å². The molecule has 0 atom stereocenters. The molecule has 0 saturated carbocycles. The van der Waals surface area contributed by atoms with Gasteiger partial charge in [0.15, 0.2) is 0 Å². The Hall–Kier alpha value is -0.910. The van der Waals surface area contributed by atoms with Crippen molar-refractivity contribution in [1.29, 1.82) is 0 Å². The summed E-state index contributed by atoms with van der Waals surface area (Å²) in [6.45, 7) is 0. The summed E-state index contributed by atoms with van der Waals surface area (Å²) in [7, 11) is 0. The van der Waals surface area contributed by atoms with Crippen LogP contribution in [0.5, 0.6) is 0 Å². The van der Waals surface area contributed by atoms with Crippen LogP contribution in [0, 0.1) is 0 Å². The number of hydrogen-bond acceptors (Lipinski definition) is 2. The number of hydrogen-bond donors (Lipinski definition) is 0. The topological polar surface area (TPSA) is 24.7 Å². The Balaban J connectivity index is 2.36. The Kier molecular flexibility index (Phi) is 2.10. The highest BCUT2D eigenvalue weighted by molar-refractivity contribution is 9.11. The van der Waals surface area contributed by atoms with Gasteiger partial charge in [0.2, 0.25) is 5.84 Å². The van der Waals surface area contributed by atoms with Crippen molar-refractivity contribution in [2.45, 2.75) is 12.6 Å². The van der Waals surface area contributed by atoms with Crippen molar-refractivity contribution >= 4 is 27.5 Å². The fourth-order valence-corrected chi connectivity index (χ4v) is 1.54. The molecule has 0 aromatic carbocycles. The van der Waals surface area contributed by atoms with Gasteiger partial charge in [-0.25, -0.2) is 9.98 Å². The summed E-state index contributed by atoms with van der Waals surface area (Å²) in [6, 6.07) is 0. The van der Waals surface area contributed by atoms with E-state index in [1.54, 1.807) is 6.08 Å². The molecule has 1 aliphatic heterocycles. The van der Waals surface area contributed by atoms with Crippen LogP contribution >= 0.6 is 15.9 Å². The van der Waals surface area contributed by atoms with Crippen LogP contribution in [0.2, 0.25) is 0 Å². The molecule has 0 saturated heterocycles. The fraction of sp³-hybridized carbons (Fsp3) is 0.250. The van der Waals surface area contributed by atoms with Crippen LogP contribution in [0.15, 0.2) is 32.3 Å². The number of aliphatic imine (C=N–C) groups is 2. The van der Waals surface area contributed by atoms with E-state index >= 15 is 0 Å². The molecule has 0 N–H and O–H groups in total. The van der Waals surface area contributed by atoms with Gasteiger partial charge in [-0.2, -0.15) is 13.2 Å². The molecule has 74 valence electrons. The molecule has 2 nitrogen and oxygen atoms in total. The zero-order valence-corrected chi connectivity index (χ0v) is 8.35. The van der Waals surface area contributed by atoms with Crippen LogP contribution in [-0.2, 0) is 0 Å². The van der Waals surface area contributed by atoms with Crippen molar-refractivity contribution in [3.05, 3.63) is 22.3 Å². The maximum Gasteiger partial charge on any atom is 0.451 e. The molecule has 0 unspecified atom stereocenters. The lowest BCUT2D eigenvalue weighted by atomic mass is 10.1. The Morgan fingerprint density at radius 2 is 2.00 bits per heavy atom. The Morgan fingerprint density at radius 1 is 1.29 bits per heavy atom. The highest BCUT2D eigenvalue weighted by Crippen LogP contribution is 2.29. The molecule has 6 heteroatoms. The predicted molar refractivity (Wildman–Crippen MR) is 50.6 cm³/mol. The lowest BCUT2D eigenvalue weighted by Gasteiger charge is -2.03. The van der Waals surface area contributed by atoms with E-state index in [1.807, 2.05) is 0 Å². The fourth-order valence-electron chi connectivity index (χ4n) is 1.17. The van der Waals surface area contributed by atoms with E-state index in [0.717, 1.165) is 4.48 Å². The number of fused-ring (bicyclic) bond motifs is 1. The normalized spacial score (nSPS) is 20.9. The number of amidine groups is 1. The van der Waals surface area contributed by atoms with E-state index in [2.05, 4.69) is 25.9 Å². The van der Waals surface area contributed by atoms with Crippen molar-refractivity contribution in [2.24, 2.45) is 9.98 Å². The summed E-state index contributed by atoms with van der Waals surface area (Å²) in [5.74, 6) is -1.06. The van der Waals surface area contributed by atoms with Gasteiger partial charge in [0.25, 0.3) is 0 Å². The van der Waals surface area contributed by atoms with Gasteiger partial charge in [0.1, 0.15) is 0 Å². The van der Waals surface area contributed by atoms with Gasteiger partial charge in [-0.3, -0.25) is 0 Å². The van der Waals surface area contributed by atoms with Gasteiger partial charge in [-0.15, -0.1) is 0 Å². The minimum atomic E-state index is -4.46. The largest absolute Gasteiger partial charge is 0.451 e. The van der Waals surface area contributed by atoms with Gasteiger partial charge in [0.05, 0.1) is 11.4 Å². The Morgan fingerprint density at radius 3 is 2.64 bits per heavy atom. The molecule has 14 heavy (non-hydrogen) atoms. The van der Waals surface area contributed by atoms with Gasteiger partial charge >= 0.3 is 6.18 Å². The lowest BCUT2D eigenvalue weighted by Crippen LogP contribution is -2.19. The third-order valence-electron chi connectivity index (χ3n) is 1.78. The average molecular weight is 265 g/mol. The molecule has 2 aliphatic rings. The summed E-state index contributed by atoms with van der Waals surface area (Å²) in [5, 5.41) is 0. The van der Waals surface area contributed by atoms with Crippen molar-refractivity contribution in [3.8, 4) is 0 Å². The number of rotatable bonds is 0. The highest BCUT2D eigenvalue weighted by atomic mass is 79.9. The maximum atomic E-state index is 12.2. The molecule has 2 rings (SSSR count). The standard InChI is InChI=1S/C8H4BrF3N2/c9-4-1-2-5-6(3-4)14-7(13-5)8(10,11)12/h1,3H,2H2. The zero-order chi connectivity index (χ0) is 10.3. The molecule has 0 aromatic heterocycles. The van der Waals surface area contributed by atoms with E-state index in [-0.39, 0.29) is 0 Å². The van der Waals surface area contributed by atoms with Crippen molar-refractivity contribution in [2.75, 3.05) is 0 Å². The quantitative estimate of drug-likeness (QED) is 0.643. The highest BCUT2D eigenvalue weighted by Gasteiger charge is 2.39. The second-order valence-corrected chi connectivity index (χ2v) is 3.73. The summed E-state index contributed by atoms with van der Waals surface area (Å²) < 4.78 is 37.3. The zero-order valence-electron chi connectivity index (χ0n) is 6.77. The number of alkyl halides is 3. The van der Waals surface area contributed by atoms with Crippen LogP contribution in [-0.4, -0.2) is 17.7 Å². The first-order chi connectivity index (χ1) is 6.47. The maximum absolute atomic E-state index is 12.2. The molecule has 0 bridgehead atoms. The third-order valence-corrected chi connectivity index (χ3v) is 2.33. The van der Waals surface area contributed by atoms with Gasteiger partial charge in [-0.05, 0) is 6.08 Å². The van der Waals surface area contributed by atoms with Crippen LogP contribution in [0.4, 0.5) is 13.2 Å². The molecule has 0 amide bonds. The van der Waals surface area contributed by atoms with E-state index in [1.165, 1.54) is 6.08 Å². The number of halogens is 4. The lowest BCUT2D eigenvalue weighted by molar-refractivity contribution is -0.0594. The monoisotopic (exact) mass is 264 g/mol. The molecule has 0 spiro atoms. The van der Waals surface area contributed by atoms with Crippen LogP contribution < -0.4 is 0 Å². The molecule has 0 aromatic rings. The summed E-state index contributed by atoms with van der Waals surface area (Å²) in [6.07, 6.45) is -0.800. The van der Waals surface area contributed by atoms with Crippen molar-refractivity contribution in [3.63, 3.8) is 0 Å². The summed E-state index contributed by atoms with van der Waals surface area (Å²) >= 11 is 3.17. The van der Waals surface area contributed by atoms with Crippen LogP contribution in [0.25, 0.3) is 0 Å². The van der Waals surface area contributed by atoms with E-state index in [4.69, 9.17) is 0 Å². The number of allylic oxidation sites excluding steroid dienone is 4. The van der Waals surface area contributed by atoms with Crippen molar-refractivity contribution in [1.82, 2.24) is 0 Å². The van der Waals surface area contributed by atoms with Gasteiger partial charge < -0.3 is 0 Å². The van der Waals surface area contributed by atoms with Crippen LogP contribution in [0.1, 0.15) is 6.42 Å². The molecule has 0 radical (unpaired) electrons. The first-order valence-corrected chi connectivity index (χ1v) is 4.57. The number of nitrogens with zero attached hydrogens (tertiary/aromatic N) is 2. The smallest absolute Gasteiger partial charge is 0.227 e. The molecular formula is C8H4BrF3N2. The molecule has 1 heterocycles. The van der Waals surface area contributed by atoms with E-state index in [9.17, 15) is 13.2 Å². The minimum Gasteiger partial charge on any atom is -0.227 e. The van der Waals surface area contributed by atoms with Crippen molar-refractivity contribution < 1.29 is 13.2 Å². The van der Waals surface area contributed by atoms with E-state index < -0.39 is 12.0 Å². The second-order valence-electron chi connectivity index (χ2n) is 2.81. The van der Waals surface area contributed by atoms with Crippen LogP contribution in [0.3, 0.4) is 0 Å². The SMILES string of the molecule is FC(F)(F)C1=NC2=CC(Br)=CCC2=N1. The second kappa shape index (κ2) is 3.05. The minimum absolute atomic E-state index is 0.298. The average Bonchev–Trinajstić information content (AvgIpc) is 2.45. The molecular weight excluding hydrogens is 261 g/mol. The summed E-state index contributed by atoms with van der Waals surface area (Å²) in [4.78, 5) is 6.83. The van der Waals surface area contributed by atoms with Gasteiger partial charge in [0, 0.05) is 10.9 Å². The molecule has 0 fully saturated rings. The van der Waals surface area contributed by atoms with Gasteiger partial charge in [-0.1, -0.05) is 22.0 Å². The predicted octanol–water partition coefficient (Wildman–Crippen LogP) is 2.97. The first kappa shape index (κ1) is 9.64. The first-order valence-electron chi connectivity index (χ1n) is 3.78. The Bertz CT molecular complexity index is 401. The third kappa shape index (κ3) is 1.66. The summed E-state index contributed by atoms with van der Waals surface area (Å²) in [5.41, 5.74) is 0.673.